The number of nitrogens with zero attached hydrogens (tertiary/aromatic N) is 2. The second-order valence-electron chi connectivity index (χ2n) is 6.74. The van der Waals surface area contributed by atoms with Crippen molar-refractivity contribution in [1.29, 1.82) is 0 Å². The molecule has 116 valence electrons. The Morgan fingerprint density at radius 1 is 1.24 bits per heavy atom. The van der Waals surface area contributed by atoms with E-state index in [1.54, 1.807) is 0 Å². The first-order chi connectivity index (χ1) is 10.2. The van der Waals surface area contributed by atoms with Gasteiger partial charge in [-0.1, -0.05) is 12.1 Å². The second-order valence-corrected chi connectivity index (χ2v) is 6.74. The first kappa shape index (κ1) is 14.9. The quantitative estimate of drug-likeness (QED) is 0.922. The van der Waals surface area contributed by atoms with Gasteiger partial charge in [0.1, 0.15) is 0 Å². The fraction of sp³-hybridized carbons (Fsp3) is 0.667. The van der Waals surface area contributed by atoms with Crippen molar-refractivity contribution >= 4 is 5.69 Å². The minimum absolute atomic E-state index is 0.735. The van der Waals surface area contributed by atoms with Crippen LogP contribution in [0.5, 0.6) is 0 Å². The van der Waals surface area contributed by atoms with Crippen LogP contribution in [0.3, 0.4) is 0 Å². The number of nitrogens with one attached hydrogen (secondary N) is 1. The molecule has 0 spiro atoms. The zero-order chi connectivity index (χ0) is 14.7. The maximum atomic E-state index is 3.51. The van der Waals surface area contributed by atoms with Crippen LogP contribution >= 0.6 is 0 Å². The van der Waals surface area contributed by atoms with E-state index in [0.29, 0.717) is 0 Å². The number of fused-ring (bicyclic) bond motifs is 1. The number of rotatable bonds is 3. The minimum Gasteiger partial charge on any atom is -0.374 e. The van der Waals surface area contributed by atoms with Crippen LogP contribution in [-0.4, -0.2) is 44.7 Å². The van der Waals surface area contributed by atoms with Gasteiger partial charge in [0.25, 0.3) is 0 Å². The van der Waals surface area contributed by atoms with E-state index in [2.05, 4.69) is 47.4 Å². The molecular formula is C18H29N3. The molecule has 3 nitrogen and oxygen atoms in total. The molecule has 0 amide bonds. The highest BCUT2D eigenvalue weighted by Gasteiger charge is 2.18. The van der Waals surface area contributed by atoms with Gasteiger partial charge >= 0.3 is 0 Å². The van der Waals surface area contributed by atoms with E-state index >= 15 is 0 Å². The standard InChI is InChI=1S/C18H29N3/c1-20-12-4-5-16-13-15(7-8-18(16)20)14-21(2)17-6-3-10-19-11-9-17/h7-8,13,17,19H,3-6,9-12,14H2,1-2H3. The maximum Gasteiger partial charge on any atom is 0.0396 e. The monoisotopic (exact) mass is 287 g/mol. The van der Waals surface area contributed by atoms with Gasteiger partial charge in [-0.3, -0.25) is 4.90 Å². The average molecular weight is 287 g/mol. The van der Waals surface area contributed by atoms with E-state index in [0.717, 1.165) is 12.6 Å². The molecule has 2 heterocycles. The molecule has 0 aliphatic carbocycles. The van der Waals surface area contributed by atoms with Crippen molar-refractivity contribution in [3.05, 3.63) is 29.3 Å². The Labute approximate surface area is 129 Å². The van der Waals surface area contributed by atoms with Gasteiger partial charge in [-0.05, 0) is 69.4 Å². The third kappa shape index (κ3) is 3.58. The zero-order valence-corrected chi connectivity index (χ0v) is 13.6. The minimum atomic E-state index is 0.735. The summed E-state index contributed by atoms with van der Waals surface area (Å²) < 4.78 is 0. The first-order valence-electron chi connectivity index (χ1n) is 8.48. The van der Waals surface area contributed by atoms with Gasteiger partial charge in [-0.25, -0.2) is 0 Å². The lowest BCUT2D eigenvalue weighted by molar-refractivity contribution is 0.216. The first-order valence-corrected chi connectivity index (χ1v) is 8.48. The zero-order valence-electron chi connectivity index (χ0n) is 13.6. The number of benzene rings is 1. The van der Waals surface area contributed by atoms with E-state index in [1.807, 2.05) is 0 Å². The molecule has 1 fully saturated rings. The topological polar surface area (TPSA) is 18.5 Å². The van der Waals surface area contributed by atoms with Crippen molar-refractivity contribution in [1.82, 2.24) is 10.2 Å². The van der Waals surface area contributed by atoms with Crippen molar-refractivity contribution in [3.8, 4) is 0 Å². The fourth-order valence-electron chi connectivity index (χ4n) is 3.80. The Balaban J connectivity index is 1.66. The van der Waals surface area contributed by atoms with Gasteiger partial charge in [0, 0.05) is 31.9 Å². The van der Waals surface area contributed by atoms with Crippen LogP contribution in [0.4, 0.5) is 5.69 Å². The van der Waals surface area contributed by atoms with Crippen LogP contribution in [0.2, 0.25) is 0 Å². The summed E-state index contributed by atoms with van der Waals surface area (Å²) in [6.45, 7) is 4.64. The third-order valence-electron chi connectivity index (χ3n) is 5.10. The molecule has 3 rings (SSSR count). The second kappa shape index (κ2) is 6.80. The number of anilines is 1. The van der Waals surface area contributed by atoms with Gasteiger partial charge in [0.2, 0.25) is 0 Å². The highest BCUT2D eigenvalue weighted by Crippen LogP contribution is 2.27. The highest BCUT2D eigenvalue weighted by atomic mass is 15.1. The predicted octanol–water partition coefficient (Wildman–Crippen LogP) is 2.64. The normalized spacial score (nSPS) is 23.0. The van der Waals surface area contributed by atoms with Crippen molar-refractivity contribution in [2.75, 3.05) is 38.6 Å². The Hall–Kier alpha value is -1.06. The average Bonchev–Trinajstić information content (AvgIpc) is 2.76. The van der Waals surface area contributed by atoms with Crippen LogP contribution in [0.25, 0.3) is 0 Å². The summed E-state index contributed by atoms with van der Waals surface area (Å²) in [5, 5.41) is 3.51. The van der Waals surface area contributed by atoms with E-state index < -0.39 is 0 Å². The van der Waals surface area contributed by atoms with Crippen molar-refractivity contribution in [2.24, 2.45) is 0 Å². The molecule has 0 radical (unpaired) electrons. The third-order valence-corrected chi connectivity index (χ3v) is 5.10. The summed E-state index contributed by atoms with van der Waals surface area (Å²) in [5.41, 5.74) is 4.45. The lowest BCUT2D eigenvalue weighted by Crippen LogP contribution is -2.32. The molecule has 3 heteroatoms. The predicted molar refractivity (Wildman–Crippen MR) is 90.0 cm³/mol. The number of aryl methyl sites for hydroxylation is 1. The summed E-state index contributed by atoms with van der Waals surface area (Å²) in [6, 6.07) is 7.83. The van der Waals surface area contributed by atoms with E-state index in [-0.39, 0.29) is 0 Å². The number of hydrogen-bond donors (Lipinski definition) is 1. The van der Waals surface area contributed by atoms with Crippen LogP contribution in [-0.2, 0) is 13.0 Å². The van der Waals surface area contributed by atoms with Crippen molar-refractivity contribution in [3.63, 3.8) is 0 Å². The smallest absolute Gasteiger partial charge is 0.0396 e. The number of hydrogen-bond acceptors (Lipinski definition) is 3. The Kier molecular flexibility index (Phi) is 4.81. The molecule has 2 aliphatic rings. The van der Waals surface area contributed by atoms with E-state index in [4.69, 9.17) is 0 Å². The lowest BCUT2D eigenvalue weighted by Gasteiger charge is -2.30. The molecule has 2 aliphatic heterocycles. The van der Waals surface area contributed by atoms with Crippen LogP contribution in [0, 0.1) is 0 Å². The molecule has 1 aromatic rings. The molecule has 0 bridgehead atoms. The van der Waals surface area contributed by atoms with Gasteiger partial charge in [-0.15, -0.1) is 0 Å². The molecular weight excluding hydrogens is 258 g/mol. The maximum absolute atomic E-state index is 3.51. The van der Waals surface area contributed by atoms with Gasteiger partial charge in [0.15, 0.2) is 0 Å². The molecule has 1 atom stereocenters. The van der Waals surface area contributed by atoms with E-state index in [9.17, 15) is 0 Å². The molecule has 1 aromatic carbocycles. The van der Waals surface area contributed by atoms with Gasteiger partial charge in [0.05, 0.1) is 0 Å². The Morgan fingerprint density at radius 3 is 3.05 bits per heavy atom. The molecule has 1 saturated heterocycles. The molecule has 1 unspecified atom stereocenters. The largest absolute Gasteiger partial charge is 0.374 e. The Morgan fingerprint density at radius 2 is 2.14 bits per heavy atom. The van der Waals surface area contributed by atoms with Crippen LogP contribution in [0.1, 0.15) is 36.8 Å². The highest BCUT2D eigenvalue weighted by molar-refractivity contribution is 5.56. The molecule has 1 N–H and O–H groups in total. The summed E-state index contributed by atoms with van der Waals surface area (Å²) >= 11 is 0. The SMILES string of the molecule is CN1CCCc2cc(CN(C)C3CCCNCC3)ccc21. The van der Waals surface area contributed by atoms with Crippen LogP contribution in [0.15, 0.2) is 18.2 Å². The summed E-state index contributed by atoms with van der Waals surface area (Å²) in [5.74, 6) is 0. The van der Waals surface area contributed by atoms with E-state index in [1.165, 1.54) is 68.6 Å². The fourth-order valence-corrected chi connectivity index (χ4v) is 3.80. The molecule has 21 heavy (non-hydrogen) atoms. The van der Waals surface area contributed by atoms with Gasteiger partial charge < -0.3 is 10.2 Å². The van der Waals surface area contributed by atoms with Gasteiger partial charge in [-0.2, -0.15) is 0 Å². The van der Waals surface area contributed by atoms with Crippen LogP contribution < -0.4 is 10.2 Å². The van der Waals surface area contributed by atoms with Crippen molar-refractivity contribution < 1.29 is 0 Å². The lowest BCUT2D eigenvalue weighted by atomic mass is 9.99. The summed E-state index contributed by atoms with van der Waals surface area (Å²) in [4.78, 5) is 4.95. The Bertz CT molecular complexity index is 464. The summed E-state index contributed by atoms with van der Waals surface area (Å²) in [6.07, 6.45) is 6.45. The van der Waals surface area contributed by atoms with Crippen molar-refractivity contribution in [2.45, 2.75) is 44.7 Å². The molecule has 0 aromatic heterocycles. The molecule has 0 saturated carbocycles. The summed E-state index contributed by atoms with van der Waals surface area (Å²) in [7, 11) is 4.50.